The van der Waals surface area contributed by atoms with Gasteiger partial charge in [-0.25, -0.2) is 0 Å². The van der Waals surface area contributed by atoms with Gasteiger partial charge in [0.1, 0.15) is 36.7 Å². The van der Waals surface area contributed by atoms with Gasteiger partial charge in [-0.1, -0.05) is 20.8 Å². The molecule has 14 atom stereocenters. The number of nitrogens with two attached hydrogens (primary N) is 1. The van der Waals surface area contributed by atoms with Gasteiger partial charge in [-0.05, 0) is 105 Å². The van der Waals surface area contributed by atoms with Crippen molar-refractivity contribution in [2.75, 3.05) is 72.6 Å². The van der Waals surface area contributed by atoms with E-state index in [-0.39, 0.29) is 139 Å². The van der Waals surface area contributed by atoms with Gasteiger partial charge in [0.15, 0.2) is 0 Å². The number of nitrogens with one attached hydrogen (secondary N) is 1. The number of ketones is 1. The molecule has 1 amide bonds. The Bertz CT molecular complexity index is 1800. The monoisotopic (exact) mass is 1180 g/mol. The molecule has 4 aliphatic carbocycles. The number of fused-ring (bicyclic) bond motifs is 5. The van der Waals surface area contributed by atoms with Crippen LogP contribution in [0.1, 0.15) is 97.8 Å². The second kappa shape index (κ2) is 30.6. The number of aliphatic carboxylic acids is 6. The summed E-state index contributed by atoms with van der Waals surface area (Å²) in [5, 5.41) is 118. The predicted molar refractivity (Wildman–Crippen MR) is 237 cm³/mol. The standard InChI is InChI=1S/C41H64N4O14.C7H17NO5.Gd/c1-24(4-11-34(48)49)28-7-8-29-27-6-5-25-18-26(12-13-40(25,2)30(27)19-32(46)41(28,29)3)42-33(47)10-9-31(39(58)59)45(16-14-43(20-35(50)51)21-36(52)53)17-15-44(22-37(54)55)23-38(56)57;1-8-2-4(10)6(12)7(13)5(11)3-9;/h24-31H,4-23H2,1-3H3,(H,42,47)(H,48,49)(H,50,51)(H,52,53)(H,54,55)(H,56,57)(H,58,59);4-13H,2-3H2,1H3;/q;;+3/p-5/t24?,25-,26+,27?,28-,29?,30?,31+,40+,41-;4-,5+,6+,7+;/m10./s1. The molecule has 4 aliphatic rings. The number of carboxylic acids is 6. The van der Waals surface area contributed by atoms with Crippen molar-refractivity contribution in [3.63, 3.8) is 0 Å². The van der Waals surface area contributed by atoms with E-state index in [1.54, 1.807) is 12.4 Å². The van der Waals surface area contributed by atoms with Crippen molar-refractivity contribution in [2.45, 2.75) is 134 Å². The minimum atomic E-state index is -1.61. The van der Waals surface area contributed by atoms with Gasteiger partial charge >= 0.3 is 39.9 Å². The summed E-state index contributed by atoms with van der Waals surface area (Å²) in [5.74, 6) is -7.92. The molecule has 4 fully saturated rings. The maximum Gasteiger partial charge on any atom is 3.00 e. The second-order valence-electron chi connectivity index (χ2n) is 20.9. The summed E-state index contributed by atoms with van der Waals surface area (Å²) in [7, 11) is 1.70. The van der Waals surface area contributed by atoms with Gasteiger partial charge in [0, 0.05) is 88.7 Å². The summed E-state index contributed by atoms with van der Waals surface area (Å²) in [6, 6.07) is -1.68. The Labute approximate surface area is 457 Å². The normalized spacial score (nSPS) is 27.9. The third kappa shape index (κ3) is 18.9. The van der Waals surface area contributed by atoms with Crippen LogP contribution in [0.3, 0.4) is 0 Å². The molecule has 8 N–H and O–H groups in total. The Hall–Kier alpha value is -3.08. The number of carbonyl (C=O) groups excluding carboxylic acids is 8. The number of carbonyl (C=O) groups is 8. The van der Waals surface area contributed by atoms with E-state index in [1.807, 2.05) is 0 Å². The first-order valence-corrected chi connectivity index (χ1v) is 25.0. The van der Waals surface area contributed by atoms with Gasteiger partial charge in [-0.15, -0.1) is 0 Å². The Morgan fingerprint density at radius 1 is 0.712 bits per heavy atom. The van der Waals surface area contributed by atoms with Crippen LogP contribution in [0.4, 0.5) is 0 Å². The number of likely N-dealkylation sites (N-methyl/N-ethyl adjacent to an activating group) is 1. The molecule has 417 valence electrons. The van der Waals surface area contributed by atoms with Gasteiger partial charge in [-0.3, -0.25) is 24.3 Å². The number of aliphatic hydroxyl groups is 5. The first-order chi connectivity index (χ1) is 33.7. The number of hydrogen-bond acceptors (Lipinski definition) is 22. The molecule has 0 bridgehead atoms. The molecule has 4 unspecified atom stereocenters. The molecule has 0 spiro atoms. The fourth-order valence-electron chi connectivity index (χ4n) is 12.7. The molecule has 0 aromatic heterocycles. The number of amides is 1. The van der Waals surface area contributed by atoms with E-state index in [0.717, 1.165) is 41.9 Å². The average Bonchev–Trinajstić information content (AvgIpc) is 3.66. The summed E-state index contributed by atoms with van der Waals surface area (Å²) in [5.41, 5.74) is -0.584. The van der Waals surface area contributed by atoms with E-state index >= 15 is 0 Å². The number of quaternary nitrogens is 1. The zero-order valence-electron chi connectivity index (χ0n) is 42.2. The zero-order chi connectivity index (χ0) is 54.2. The third-order valence-corrected chi connectivity index (χ3v) is 16.4. The minimum Gasteiger partial charge on any atom is -0.550 e. The zero-order valence-corrected chi connectivity index (χ0v) is 44.5. The molecule has 4 saturated carbocycles. The third-order valence-electron chi connectivity index (χ3n) is 16.4. The smallest absolute Gasteiger partial charge is 0.550 e. The molecule has 0 saturated heterocycles. The van der Waals surface area contributed by atoms with Crippen molar-refractivity contribution in [3.05, 3.63) is 0 Å². The van der Waals surface area contributed by atoms with Gasteiger partial charge in [-0.2, -0.15) is 0 Å². The van der Waals surface area contributed by atoms with Crippen LogP contribution in [0.2, 0.25) is 0 Å². The predicted octanol–water partition coefficient (Wildman–Crippen LogP) is -10.1. The molecular formula is C48H76GdN5O19-2. The quantitative estimate of drug-likeness (QED) is 0.0351. The summed E-state index contributed by atoms with van der Waals surface area (Å²) in [4.78, 5) is 99.2. The van der Waals surface area contributed by atoms with Crippen LogP contribution in [0.5, 0.6) is 0 Å². The number of carboxylic acid groups (broad SMARTS) is 6. The van der Waals surface area contributed by atoms with Crippen LogP contribution in [0.15, 0.2) is 0 Å². The SMILES string of the molecule is CC(CCC(=O)[O-])[C@H]1CCC2C3CC[C@@H]4C[C@@H](NC(=O)CC[C@@H](C(=O)[O-])N(CCN(CC(=O)[O-])CC(=O)[O-])CCN(CC(=O)[O-])CC(=O)[O-])CC[C@]4(C)C3CC(=O)[C@@]21C.C[NH2+]C[C@H](O)[C@@H](O)[C@H](O)[C@H](O)CO.[Gd+3]. The molecule has 0 aliphatic heterocycles. The van der Waals surface area contributed by atoms with Gasteiger partial charge in [0.05, 0.1) is 43.5 Å². The van der Waals surface area contributed by atoms with Crippen LogP contribution in [0.25, 0.3) is 0 Å². The van der Waals surface area contributed by atoms with Crippen molar-refractivity contribution < 1.29 is 140 Å². The maximum atomic E-state index is 14.1. The summed E-state index contributed by atoms with van der Waals surface area (Å²) < 4.78 is 0. The maximum absolute atomic E-state index is 14.1. The molecule has 25 heteroatoms. The minimum absolute atomic E-state index is 0. The molecule has 4 rings (SSSR count). The van der Waals surface area contributed by atoms with Crippen molar-refractivity contribution in [1.29, 1.82) is 0 Å². The Balaban J connectivity index is 0.00000114. The van der Waals surface area contributed by atoms with E-state index < -0.39 is 110 Å². The van der Waals surface area contributed by atoms with Gasteiger partial charge in [0.2, 0.25) is 5.91 Å². The fourth-order valence-corrected chi connectivity index (χ4v) is 12.7. The molecule has 1 radical (unpaired) electrons. The average molecular weight is 1180 g/mol. The van der Waals surface area contributed by atoms with E-state index in [9.17, 15) is 79.2 Å². The Morgan fingerprint density at radius 3 is 1.73 bits per heavy atom. The summed E-state index contributed by atoms with van der Waals surface area (Å²) >= 11 is 0. The molecular weight excluding hydrogens is 1110 g/mol. The van der Waals surface area contributed by atoms with Crippen molar-refractivity contribution in [3.8, 4) is 0 Å². The number of aliphatic hydroxyl groups excluding tert-OH is 5. The van der Waals surface area contributed by atoms with Crippen molar-refractivity contribution in [1.82, 2.24) is 20.0 Å². The number of nitrogens with zero attached hydrogens (tertiary/aromatic N) is 3. The molecule has 0 heterocycles. The fraction of sp³-hybridized carbons (Fsp3) is 0.833. The molecule has 73 heavy (non-hydrogen) atoms. The van der Waals surface area contributed by atoms with Crippen molar-refractivity contribution >= 4 is 47.5 Å². The number of rotatable bonds is 30. The van der Waals surface area contributed by atoms with Crippen LogP contribution in [-0.4, -0.2) is 197 Å². The van der Waals surface area contributed by atoms with E-state index in [4.69, 9.17) is 15.3 Å². The Morgan fingerprint density at radius 2 is 1.25 bits per heavy atom. The largest absolute Gasteiger partial charge is 3.00 e. The Kier molecular flexibility index (Phi) is 27.7. The van der Waals surface area contributed by atoms with Gasteiger partial charge in [0.25, 0.3) is 0 Å². The number of hydrogen-bond donors (Lipinski definition) is 7. The van der Waals surface area contributed by atoms with Crippen LogP contribution < -0.4 is 41.3 Å². The summed E-state index contributed by atoms with van der Waals surface area (Å²) in [6.07, 6.45) is 0.796. The summed E-state index contributed by atoms with van der Waals surface area (Å²) in [6.45, 7) is 1.49. The van der Waals surface area contributed by atoms with Crippen LogP contribution in [0, 0.1) is 86.3 Å². The van der Waals surface area contributed by atoms with Crippen molar-refractivity contribution in [2.24, 2.45) is 46.3 Å². The van der Waals surface area contributed by atoms with E-state index in [1.165, 1.54) is 4.90 Å². The molecule has 0 aromatic carbocycles. The van der Waals surface area contributed by atoms with Gasteiger partial charge < -0.3 is 95.6 Å². The molecule has 0 aromatic rings. The number of Topliss-reactive ketones (excluding diaryl/α,β-unsaturated/α-hetero) is 1. The van der Waals surface area contributed by atoms with Crippen LogP contribution >= 0.6 is 0 Å². The second-order valence-corrected chi connectivity index (χ2v) is 20.9. The van der Waals surface area contributed by atoms with Crippen LogP contribution in [-0.2, 0) is 38.4 Å². The topological polar surface area (TPSA) is 414 Å². The molecule has 24 nitrogen and oxygen atoms in total. The first kappa shape index (κ1) is 66.0. The first-order valence-electron chi connectivity index (χ1n) is 25.0. The van der Waals surface area contributed by atoms with E-state index in [2.05, 4.69) is 26.1 Å². The van der Waals surface area contributed by atoms with E-state index in [0.29, 0.717) is 31.6 Å².